The molecule has 0 fully saturated rings. The summed E-state index contributed by atoms with van der Waals surface area (Å²) in [6.45, 7) is 0. The molecule has 0 aliphatic heterocycles. The summed E-state index contributed by atoms with van der Waals surface area (Å²) in [5.74, 6) is -0.719. The van der Waals surface area contributed by atoms with Crippen molar-refractivity contribution < 1.29 is 9.18 Å². The number of nitrogens with two attached hydrogens (primary N) is 1. The highest BCUT2D eigenvalue weighted by Gasteiger charge is 2.14. The molecule has 0 aromatic heterocycles. The Morgan fingerprint density at radius 3 is 2.58 bits per heavy atom. The molecule has 0 saturated carbocycles. The number of halogens is 1. The Morgan fingerprint density at radius 2 is 1.89 bits per heavy atom. The third-order valence-corrected chi connectivity index (χ3v) is 2.73. The van der Waals surface area contributed by atoms with Gasteiger partial charge in [-0.05, 0) is 30.2 Å². The minimum absolute atomic E-state index is 0.325. The van der Waals surface area contributed by atoms with Crippen LogP contribution in [0.2, 0.25) is 0 Å². The maximum absolute atomic E-state index is 13.0. The van der Waals surface area contributed by atoms with Crippen molar-refractivity contribution in [2.24, 2.45) is 5.73 Å². The molecule has 2 aromatic carbocycles. The number of carbonyl (C=O) groups excluding carboxylic acids is 1. The fourth-order valence-electron chi connectivity index (χ4n) is 1.76. The summed E-state index contributed by atoms with van der Waals surface area (Å²) in [4.78, 5) is 11.9. The van der Waals surface area contributed by atoms with E-state index in [1.165, 1.54) is 18.2 Å². The molecule has 0 aliphatic rings. The average molecular weight is 258 g/mol. The van der Waals surface area contributed by atoms with E-state index in [0.29, 0.717) is 12.1 Å². The van der Waals surface area contributed by atoms with Gasteiger partial charge in [0.25, 0.3) is 0 Å². The highest BCUT2D eigenvalue weighted by atomic mass is 19.1. The Kier molecular flexibility index (Phi) is 4.26. The Balaban J connectivity index is 1.96. The van der Waals surface area contributed by atoms with Gasteiger partial charge in [0.2, 0.25) is 5.91 Å². The standard InChI is InChI=1S/C15H15FN2O/c16-12-7-4-8-13(10-12)18-15(19)14(17)9-11-5-2-1-3-6-11/h1-8,10,14H,9,17H2,(H,18,19)/t14-/m1/s1. The molecule has 0 spiro atoms. The maximum atomic E-state index is 13.0. The zero-order valence-corrected chi connectivity index (χ0v) is 10.3. The van der Waals surface area contributed by atoms with Crippen molar-refractivity contribution in [2.45, 2.75) is 12.5 Å². The molecule has 0 bridgehead atoms. The number of carbonyl (C=O) groups is 1. The third kappa shape index (κ3) is 3.89. The Labute approximate surface area is 111 Å². The Morgan fingerprint density at radius 1 is 1.16 bits per heavy atom. The van der Waals surface area contributed by atoms with Crippen molar-refractivity contribution >= 4 is 11.6 Å². The number of hydrogen-bond donors (Lipinski definition) is 2. The zero-order chi connectivity index (χ0) is 13.7. The van der Waals surface area contributed by atoms with Crippen LogP contribution in [0.25, 0.3) is 0 Å². The van der Waals surface area contributed by atoms with Gasteiger partial charge in [-0.25, -0.2) is 4.39 Å². The van der Waals surface area contributed by atoms with Gasteiger partial charge < -0.3 is 11.1 Å². The van der Waals surface area contributed by atoms with Gasteiger partial charge in [-0.1, -0.05) is 36.4 Å². The molecule has 3 nitrogen and oxygen atoms in total. The van der Waals surface area contributed by atoms with Crippen molar-refractivity contribution in [3.63, 3.8) is 0 Å². The summed E-state index contributed by atoms with van der Waals surface area (Å²) >= 11 is 0. The summed E-state index contributed by atoms with van der Waals surface area (Å²) in [7, 11) is 0. The quantitative estimate of drug-likeness (QED) is 0.884. The lowest BCUT2D eigenvalue weighted by Gasteiger charge is -2.12. The molecule has 0 aliphatic carbocycles. The second-order valence-electron chi connectivity index (χ2n) is 4.30. The van der Waals surface area contributed by atoms with Crippen LogP contribution in [0.5, 0.6) is 0 Å². The van der Waals surface area contributed by atoms with Crippen LogP contribution in [0, 0.1) is 5.82 Å². The monoisotopic (exact) mass is 258 g/mol. The number of nitrogens with one attached hydrogen (secondary N) is 1. The van der Waals surface area contributed by atoms with Gasteiger partial charge in [0.05, 0.1) is 6.04 Å². The number of amides is 1. The first-order valence-corrected chi connectivity index (χ1v) is 6.01. The van der Waals surface area contributed by atoms with Crippen molar-refractivity contribution in [1.29, 1.82) is 0 Å². The van der Waals surface area contributed by atoms with E-state index in [9.17, 15) is 9.18 Å². The van der Waals surface area contributed by atoms with Crippen molar-refractivity contribution in [2.75, 3.05) is 5.32 Å². The van der Waals surface area contributed by atoms with Crippen LogP contribution in [0.15, 0.2) is 54.6 Å². The summed E-state index contributed by atoms with van der Waals surface area (Å²) in [5, 5.41) is 2.60. The zero-order valence-electron chi connectivity index (χ0n) is 10.3. The second kappa shape index (κ2) is 6.11. The lowest BCUT2D eigenvalue weighted by Crippen LogP contribution is -2.37. The molecule has 19 heavy (non-hydrogen) atoms. The topological polar surface area (TPSA) is 55.1 Å². The highest BCUT2D eigenvalue weighted by molar-refractivity contribution is 5.94. The number of hydrogen-bond acceptors (Lipinski definition) is 2. The fourth-order valence-corrected chi connectivity index (χ4v) is 1.76. The molecule has 0 heterocycles. The second-order valence-corrected chi connectivity index (χ2v) is 4.30. The van der Waals surface area contributed by atoms with Gasteiger partial charge in [0, 0.05) is 5.69 Å². The van der Waals surface area contributed by atoms with E-state index in [4.69, 9.17) is 5.73 Å². The van der Waals surface area contributed by atoms with E-state index in [1.807, 2.05) is 30.3 Å². The van der Waals surface area contributed by atoms with Crippen LogP contribution in [-0.4, -0.2) is 11.9 Å². The molecule has 3 N–H and O–H groups in total. The van der Waals surface area contributed by atoms with Crippen LogP contribution in [0.4, 0.5) is 10.1 Å². The van der Waals surface area contributed by atoms with E-state index < -0.39 is 11.9 Å². The predicted octanol–water partition coefficient (Wildman–Crippen LogP) is 2.33. The highest BCUT2D eigenvalue weighted by Crippen LogP contribution is 2.10. The van der Waals surface area contributed by atoms with Crippen LogP contribution in [0.1, 0.15) is 5.56 Å². The minimum Gasteiger partial charge on any atom is -0.325 e. The first-order chi connectivity index (χ1) is 9.15. The number of rotatable bonds is 4. The van der Waals surface area contributed by atoms with Crippen LogP contribution < -0.4 is 11.1 Å². The SMILES string of the molecule is N[C@H](Cc1ccccc1)C(=O)Nc1cccc(F)c1. The maximum Gasteiger partial charge on any atom is 0.241 e. The van der Waals surface area contributed by atoms with Gasteiger partial charge >= 0.3 is 0 Å². The Hall–Kier alpha value is -2.20. The van der Waals surface area contributed by atoms with Gasteiger partial charge in [-0.3, -0.25) is 4.79 Å². The summed E-state index contributed by atoms with van der Waals surface area (Å²) in [5.41, 5.74) is 7.23. The third-order valence-electron chi connectivity index (χ3n) is 2.73. The van der Waals surface area contributed by atoms with E-state index in [0.717, 1.165) is 5.56 Å². The predicted molar refractivity (Wildman–Crippen MR) is 73.2 cm³/mol. The molecule has 4 heteroatoms. The first-order valence-electron chi connectivity index (χ1n) is 6.01. The van der Waals surface area contributed by atoms with Crippen LogP contribution >= 0.6 is 0 Å². The summed E-state index contributed by atoms with van der Waals surface area (Å²) in [6.07, 6.45) is 0.446. The van der Waals surface area contributed by atoms with E-state index >= 15 is 0 Å². The Bertz CT molecular complexity index is 557. The van der Waals surface area contributed by atoms with E-state index in [-0.39, 0.29) is 5.91 Å². The van der Waals surface area contributed by atoms with Gasteiger partial charge in [0.1, 0.15) is 5.82 Å². The van der Waals surface area contributed by atoms with Crippen molar-refractivity contribution in [1.82, 2.24) is 0 Å². The molecular formula is C15H15FN2O. The molecule has 2 rings (SSSR count). The molecule has 1 atom stereocenters. The van der Waals surface area contributed by atoms with E-state index in [2.05, 4.69) is 5.32 Å². The van der Waals surface area contributed by atoms with Crippen molar-refractivity contribution in [3.05, 3.63) is 66.0 Å². The molecule has 2 aromatic rings. The van der Waals surface area contributed by atoms with Gasteiger partial charge in [0.15, 0.2) is 0 Å². The average Bonchev–Trinajstić information content (AvgIpc) is 2.40. The molecule has 1 amide bonds. The smallest absolute Gasteiger partial charge is 0.241 e. The van der Waals surface area contributed by atoms with Crippen molar-refractivity contribution in [3.8, 4) is 0 Å². The van der Waals surface area contributed by atoms with Gasteiger partial charge in [-0.2, -0.15) is 0 Å². The fraction of sp³-hybridized carbons (Fsp3) is 0.133. The summed E-state index contributed by atoms with van der Waals surface area (Å²) < 4.78 is 13.0. The normalized spacial score (nSPS) is 11.9. The van der Waals surface area contributed by atoms with E-state index in [1.54, 1.807) is 6.07 Å². The van der Waals surface area contributed by atoms with Gasteiger partial charge in [-0.15, -0.1) is 0 Å². The molecule has 98 valence electrons. The molecule has 0 saturated heterocycles. The lowest BCUT2D eigenvalue weighted by molar-refractivity contribution is -0.117. The molecule has 0 radical (unpaired) electrons. The number of anilines is 1. The largest absolute Gasteiger partial charge is 0.325 e. The minimum atomic E-state index is -0.661. The molecule has 0 unspecified atom stereocenters. The summed E-state index contributed by atoms with van der Waals surface area (Å²) in [6, 6.07) is 14.6. The lowest BCUT2D eigenvalue weighted by atomic mass is 10.1. The molecular weight excluding hydrogens is 243 g/mol. The van der Waals surface area contributed by atoms with Crippen LogP contribution in [-0.2, 0) is 11.2 Å². The van der Waals surface area contributed by atoms with Crippen LogP contribution in [0.3, 0.4) is 0 Å². The first kappa shape index (κ1) is 13.2. The number of benzene rings is 2.